The van der Waals surface area contributed by atoms with Gasteiger partial charge >= 0.3 is 5.97 Å². The molecule has 3 aromatic heterocycles. The van der Waals surface area contributed by atoms with Gasteiger partial charge in [0.15, 0.2) is 0 Å². The van der Waals surface area contributed by atoms with E-state index in [0.29, 0.717) is 18.0 Å². The first-order valence-electron chi connectivity index (χ1n) is 7.77. The maximum absolute atomic E-state index is 12.2. The van der Waals surface area contributed by atoms with Crippen LogP contribution < -0.4 is 0 Å². The predicted molar refractivity (Wildman–Crippen MR) is 92.8 cm³/mol. The van der Waals surface area contributed by atoms with Gasteiger partial charge in [-0.15, -0.1) is 0 Å². The highest BCUT2D eigenvalue weighted by Gasteiger charge is 2.17. The van der Waals surface area contributed by atoms with Crippen LogP contribution in [-0.2, 0) is 4.74 Å². The molecule has 24 heavy (non-hydrogen) atoms. The molecule has 0 aliphatic rings. The fourth-order valence-corrected chi connectivity index (χ4v) is 2.87. The van der Waals surface area contributed by atoms with Crippen LogP contribution in [0.5, 0.6) is 0 Å². The third-order valence-corrected chi connectivity index (χ3v) is 3.92. The summed E-state index contributed by atoms with van der Waals surface area (Å²) in [4.78, 5) is 24.3. The molecule has 118 valence electrons. The first-order valence-corrected chi connectivity index (χ1v) is 7.77. The quantitative estimate of drug-likeness (QED) is 0.581. The van der Waals surface area contributed by atoms with E-state index in [1.165, 1.54) is 0 Å². The summed E-state index contributed by atoms with van der Waals surface area (Å²) >= 11 is 0. The second-order valence-electron chi connectivity index (χ2n) is 5.41. The van der Waals surface area contributed by atoms with Crippen LogP contribution >= 0.6 is 0 Å². The average molecular weight is 317 g/mol. The lowest BCUT2D eigenvalue weighted by Crippen LogP contribution is -2.07. The second-order valence-corrected chi connectivity index (χ2v) is 5.41. The summed E-state index contributed by atoms with van der Waals surface area (Å²) in [5.41, 5.74) is 3.73. The molecule has 0 fully saturated rings. The minimum absolute atomic E-state index is 0.299. The standard InChI is InChI=1S/C19H15N3O2/c1-2-24-19(23)16-10-14-13-7-3-4-8-15(13)21-18(14)17(22-16)12-6-5-9-20-11-12/h3-11,21H,2H2,1H3. The Morgan fingerprint density at radius 1 is 1.17 bits per heavy atom. The van der Waals surface area contributed by atoms with Gasteiger partial charge < -0.3 is 9.72 Å². The summed E-state index contributed by atoms with van der Waals surface area (Å²) < 4.78 is 5.13. The van der Waals surface area contributed by atoms with E-state index in [9.17, 15) is 4.79 Å². The highest BCUT2D eigenvalue weighted by atomic mass is 16.5. The van der Waals surface area contributed by atoms with Crippen molar-refractivity contribution in [3.8, 4) is 11.3 Å². The molecule has 0 aliphatic heterocycles. The number of carbonyl (C=O) groups excluding carboxylic acids is 1. The van der Waals surface area contributed by atoms with Crippen LogP contribution in [0.25, 0.3) is 33.1 Å². The molecule has 0 unspecified atom stereocenters. The SMILES string of the molecule is CCOC(=O)c1cc2c([nH]c3ccccc32)c(-c2cccnc2)n1. The predicted octanol–water partition coefficient (Wildman–Crippen LogP) is 3.95. The van der Waals surface area contributed by atoms with Gasteiger partial charge in [-0.1, -0.05) is 18.2 Å². The van der Waals surface area contributed by atoms with Gasteiger partial charge in [-0.2, -0.15) is 0 Å². The van der Waals surface area contributed by atoms with Crippen LogP contribution in [0, 0.1) is 0 Å². The number of benzene rings is 1. The number of rotatable bonds is 3. The number of hydrogen-bond acceptors (Lipinski definition) is 4. The number of nitrogens with one attached hydrogen (secondary N) is 1. The number of fused-ring (bicyclic) bond motifs is 3. The van der Waals surface area contributed by atoms with E-state index in [1.807, 2.05) is 36.4 Å². The highest BCUT2D eigenvalue weighted by molar-refractivity contribution is 6.12. The number of pyridine rings is 2. The Hall–Kier alpha value is -3.21. The van der Waals surface area contributed by atoms with Gasteiger partial charge in [0.2, 0.25) is 0 Å². The lowest BCUT2D eigenvalue weighted by Gasteiger charge is -2.06. The van der Waals surface area contributed by atoms with Crippen LogP contribution in [0.2, 0.25) is 0 Å². The topological polar surface area (TPSA) is 67.9 Å². The van der Waals surface area contributed by atoms with Crippen LogP contribution in [-0.4, -0.2) is 27.5 Å². The molecule has 4 rings (SSSR count). The monoisotopic (exact) mass is 317 g/mol. The zero-order valence-corrected chi connectivity index (χ0v) is 13.1. The number of H-pyrrole nitrogens is 1. The molecule has 5 heteroatoms. The largest absolute Gasteiger partial charge is 0.461 e. The molecule has 4 aromatic rings. The minimum atomic E-state index is -0.421. The molecular formula is C19H15N3O2. The van der Waals surface area contributed by atoms with E-state index in [1.54, 1.807) is 25.4 Å². The molecule has 0 radical (unpaired) electrons. The van der Waals surface area contributed by atoms with Crippen molar-refractivity contribution in [2.24, 2.45) is 0 Å². The fraction of sp³-hybridized carbons (Fsp3) is 0.105. The molecule has 1 N–H and O–H groups in total. The van der Waals surface area contributed by atoms with E-state index in [0.717, 1.165) is 27.4 Å². The Kier molecular flexibility index (Phi) is 3.46. The number of carbonyl (C=O) groups is 1. The van der Waals surface area contributed by atoms with Crippen molar-refractivity contribution in [1.82, 2.24) is 15.0 Å². The Morgan fingerprint density at radius 3 is 2.83 bits per heavy atom. The molecule has 0 amide bonds. The van der Waals surface area contributed by atoms with Crippen molar-refractivity contribution in [3.05, 3.63) is 60.6 Å². The maximum Gasteiger partial charge on any atom is 0.356 e. The third kappa shape index (κ3) is 2.31. The molecule has 3 heterocycles. The van der Waals surface area contributed by atoms with Crippen LogP contribution in [0.15, 0.2) is 54.9 Å². The molecule has 0 bridgehead atoms. The zero-order chi connectivity index (χ0) is 16.5. The van der Waals surface area contributed by atoms with Gasteiger partial charge in [0, 0.05) is 34.2 Å². The molecular weight excluding hydrogens is 302 g/mol. The lowest BCUT2D eigenvalue weighted by molar-refractivity contribution is 0.0520. The van der Waals surface area contributed by atoms with Crippen molar-refractivity contribution >= 4 is 27.8 Å². The first kappa shape index (κ1) is 14.4. The van der Waals surface area contributed by atoms with Gasteiger partial charge in [0.25, 0.3) is 0 Å². The van der Waals surface area contributed by atoms with E-state index >= 15 is 0 Å². The van der Waals surface area contributed by atoms with Crippen molar-refractivity contribution in [2.45, 2.75) is 6.92 Å². The Balaban J connectivity index is 2.06. The summed E-state index contributed by atoms with van der Waals surface area (Å²) in [6.45, 7) is 2.10. The van der Waals surface area contributed by atoms with Gasteiger partial charge in [0.05, 0.1) is 17.8 Å². The van der Waals surface area contributed by atoms with Gasteiger partial charge in [-0.3, -0.25) is 4.98 Å². The van der Waals surface area contributed by atoms with Crippen LogP contribution in [0.1, 0.15) is 17.4 Å². The highest BCUT2D eigenvalue weighted by Crippen LogP contribution is 2.32. The summed E-state index contributed by atoms with van der Waals surface area (Å²) in [6.07, 6.45) is 3.45. The molecule has 0 saturated carbocycles. The third-order valence-electron chi connectivity index (χ3n) is 3.92. The Morgan fingerprint density at radius 2 is 2.04 bits per heavy atom. The summed E-state index contributed by atoms with van der Waals surface area (Å²) in [6, 6.07) is 13.5. The average Bonchev–Trinajstić information content (AvgIpc) is 3.00. The number of para-hydroxylation sites is 1. The number of esters is 1. The lowest BCUT2D eigenvalue weighted by atomic mass is 10.1. The molecule has 0 spiro atoms. The van der Waals surface area contributed by atoms with E-state index in [-0.39, 0.29) is 0 Å². The molecule has 0 saturated heterocycles. The Bertz CT molecular complexity index is 1040. The zero-order valence-electron chi connectivity index (χ0n) is 13.1. The van der Waals surface area contributed by atoms with Gasteiger partial charge in [-0.05, 0) is 31.2 Å². The first-order chi connectivity index (χ1) is 11.8. The van der Waals surface area contributed by atoms with Crippen LogP contribution in [0.4, 0.5) is 0 Å². The second kappa shape index (κ2) is 5.77. The van der Waals surface area contributed by atoms with Crippen molar-refractivity contribution < 1.29 is 9.53 Å². The number of aromatic nitrogens is 3. The number of hydrogen-bond donors (Lipinski definition) is 1. The number of aromatic amines is 1. The number of ether oxygens (including phenoxy) is 1. The number of nitrogens with zero attached hydrogens (tertiary/aromatic N) is 2. The van der Waals surface area contributed by atoms with Crippen LogP contribution in [0.3, 0.4) is 0 Å². The summed E-state index contributed by atoms with van der Waals surface area (Å²) in [5, 5.41) is 1.99. The van der Waals surface area contributed by atoms with Crippen molar-refractivity contribution in [3.63, 3.8) is 0 Å². The molecule has 5 nitrogen and oxygen atoms in total. The Labute approximate surface area is 138 Å². The van der Waals surface area contributed by atoms with Crippen molar-refractivity contribution in [2.75, 3.05) is 6.61 Å². The van der Waals surface area contributed by atoms with Gasteiger partial charge in [-0.25, -0.2) is 9.78 Å². The smallest absolute Gasteiger partial charge is 0.356 e. The fourth-order valence-electron chi connectivity index (χ4n) is 2.87. The minimum Gasteiger partial charge on any atom is -0.461 e. The maximum atomic E-state index is 12.2. The van der Waals surface area contributed by atoms with Gasteiger partial charge in [0.1, 0.15) is 5.69 Å². The molecule has 0 aliphatic carbocycles. The summed E-state index contributed by atoms with van der Waals surface area (Å²) in [5.74, 6) is -0.421. The van der Waals surface area contributed by atoms with E-state index in [2.05, 4.69) is 15.0 Å². The molecule has 0 atom stereocenters. The molecule has 1 aromatic carbocycles. The van der Waals surface area contributed by atoms with Crippen molar-refractivity contribution in [1.29, 1.82) is 0 Å². The summed E-state index contributed by atoms with van der Waals surface area (Å²) in [7, 11) is 0. The normalized spacial score (nSPS) is 11.0. The van der Waals surface area contributed by atoms with E-state index in [4.69, 9.17) is 4.74 Å². The van der Waals surface area contributed by atoms with E-state index < -0.39 is 5.97 Å².